The van der Waals surface area contributed by atoms with Gasteiger partial charge in [-0.05, 0) is 36.1 Å². The van der Waals surface area contributed by atoms with Crippen molar-refractivity contribution in [3.63, 3.8) is 0 Å². The number of carbonyl (C=O) groups excluding carboxylic acids is 1. The van der Waals surface area contributed by atoms with Crippen molar-refractivity contribution in [1.82, 2.24) is 4.98 Å². The summed E-state index contributed by atoms with van der Waals surface area (Å²) in [5.74, 6) is -2.02. The molecule has 1 aliphatic carbocycles. The summed E-state index contributed by atoms with van der Waals surface area (Å²) < 4.78 is 13.5. The van der Waals surface area contributed by atoms with Crippen molar-refractivity contribution in [1.29, 1.82) is 0 Å². The molecular weight excluding hydrogens is 323 g/mol. The van der Waals surface area contributed by atoms with E-state index in [-0.39, 0.29) is 29.1 Å². The molecule has 1 aromatic heterocycles. The smallest absolute Gasteiger partial charge is 0.354 e. The van der Waals surface area contributed by atoms with Gasteiger partial charge < -0.3 is 15.4 Å². The SMILES string of the molecule is O=C(O)c1[nH]c2ccc(F)cc2c1NC(=O)C1CC1c1ccccc1. The Labute approximate surface area is 142 Å². The monoisotopic (exact) mass is 338 g/mol. The molecule has 0 aliphatic heterocycles. The molecule has 1 amide bonds. The van der Waals surface area contributed by atoms with Crippen molar-refractivity contribution in [2.45, 2.75) is 12.3 Å². The van der Waals surface area contributed by atoms with Gasteiger partial charge in [-0.2, -0.15) is 0 Å². The Hall–Kier alpha value is -3.15. The number of H-pyrrole nitrogens is 1. The van der Waals surface area contributed by atoms with E-state index in [1.807, 2.05) is 30.3 Å². The van der Waals surface area contributed by atoms with E-state index in [2.05, 4.69) is 10.3 Å². The fourth-order valence-corrected chi connectivity index (χ4v) is 3.22. The van der Waals surface area contributed by atoms with Crippen LogP contribution in [0.5, 0.6) is 0 Å². The first-order valence-electron chi connectivity index (χ1n) is 7.95. The van der Waals surface area contributed by atoms with E-state index in [9.17, 15) is 19.1 Å². The van der Waals surface area contributed by atoms with Crippen LogP contribution in [-0.4, -0.2) is 22.0 Å². The lowest BCUT2D eigenvalue weighted by Crippen LogP contribution is -2.16. The predicted octanol–water partition coefficient (Wildman–Crippen LogP) is 3.75. The number of anilines is 1. The van der Waals surface area contributed by atoms with Crippen molar-refractivity contribution in [3.05, 3.63) is 65.6 Å². The molecule has 3 aromatic rings. The van der Waals surface area contributed by atoms with Crippen molar-refractivity contribution in [3.8, 4) is 0 Å². The fraction of sp³-hybridized carbons (Fsp3) is 0.158. The first-order valence-corrected chi connectivity index (χ1v) is 7.95. The molecule has 0 bridgehead atoms. The molecule has 126 valence electrons. The third kappa shape index (κ3) is 2.76. The summed E-state index contributed by atoms with van der Waals surface area (Å²) in [6.45, 7) is 0. The van der Waals surface area contributed by atoms with Crippen LogP contribution in [0.15, 0.2) is 48.5 Å². The molecule has 1 heterocycles. The molecule has 2 aromatic carbocycles. The summed E-state index contributed by atoms with van der Waals surface area (Å²) in [7, 11) is 0. The summed E-state index contributed by atoms with van der Waals surface area (Å²) >= 11 is 0. The zero-order valence-corrected chi connectivity index (χ0v) is 13.1. The van der Waals surface area contributed by atoms with Crippen molar-refractivity contribution in [2.75, 3.05) is 5.32 Å². The van der Waals surface area contributed by atoms with Crippen LogP contribution in [-0.2, 0) is 4.79 Å². The second-order valence-corrected chi connectivity index (χ2v) is 6.22. The highest BCUT2D eigenvalue weighted by molar-refractivity contribution is 6.11. The average molecular weight is 338 g/mol. The molecule has 1 aliphatic rings. The minimum atomic E-state index is -1.21. The van der Waals surface area contributed by atoms with Crippen LogP contribution < -0.4 is 5.32 Å². The van der Waals surface area contributed by atoms with Crippen LogP contribution in [0.2, 0.25) is 0 Å². The Kier molecular flexibility index (Phi) is 3.53. The number of hydrogen-bond donors (Lipinski definition) is 3. The molecule has 6 heteroatoms. The molecular formula is C19H15FN2O3. The summed E-state index contributed by atoms with van der Waals surface area (Å²) in [5, 5.41) is 12.4. The zero-order chi connectivity index (χ0) is 17.6. The second kappa shape index (κ2) is 5.73. The van der Waals surface area contributed by atoms with E-state index in [0.29, 0.717) is 10.9 Å². The van der Waals surface area contributed by atoms with Crippen LogP contribution >= 0.6 is 0 Å². The summed E-state index contributed by atoms with van der Waals surface area (Å²) in [6.07, 6.45) is 0.717. The maximum absolute atomic E-state index is 13.5. The zero-order valence-electron chi connectivity index (χ0n) is 13.1. The standard InChI is InChI=1S/C19H15FN2O3/c20-11-6-7-15-14(8-11)16(17(21-15)19(24)25)22-18(23)13-9-12(13)10-4-2-1-3-5-10/h1-8,12-13,21H,9H2,(H,22,23)(H,24,25). The van der Waals surface area contributed by atoms with Gasteiger partial charge in [0.2, 0.25) is 5.91 Å². The number of rotatable bonds is 4. The molecule has 2 unspecified atom stereocenters. The van der Waals surface area contributed by atoms with Crippen molar-refractivity contribution in [2.24, 2.45) is 5.92 Å². The van der Waals surface area contributed by atoms with Crippen molar-refractivity contribution >= 4 is 28.5 Å². The lowest BCUT2D eigenvalue weighted by atomic mass is 10.1. The minimum Gasteiger partial charge on any atom is -0.477 e. The Morgan fingerprint density at radius 3 is 2.64 bits per heavy atom. The largest absolute Gasteiger partial charge is 0.477 e. The van der Waals surface area contributed by atoms with Crippen LogP contribution in [0.4, 0.5) is 10.1 Å². The lowest BCUT2D eigenvalue weighted by molar-refractivity contribution is -0.117. The number of aromatic nitrogens is 1. The number of carbonyl (C=O) groups is 2. The number of carboxylic acids is 1. The lowest BCUT2D eigenvalue weighted by Gasteiger charge is -2.06. The number of hydrogen-bond acceptors (Lipinski definition) is 2. The molecule has 2 atom stereocenters. The molecule has 0 radical (unpaired) electrons. The van der Waals surface area contributed by atoms with Gasteiger partial charge in [0, 0.05) is 16.8 Å². The van der Waals surface area contributed by atoms with Gasteiger partial charge in [0.05, 0.1) is 5.69 Å². The Bertz CT molecular complexity index is 981. The molecule has 0 saturated heterocycles. The first kappa shape index (κ1) is 15.4. The number of aromatic carboxylic acids is 1. The molecule has 1 saturated carbocycles. The number of amides is 1. The predicted molar refractivity (Wildman–Crippen MR) is 91.1 cm³/mol. The summed E-state index contributed by atoms with van der Waals surface area (Å²) in [5.41, 5.74) is 1.52. The van der Waals surface area contributed by atoms with Gasteiger partial charge in [-0.15, -0.1) is 0 Å². The Balaban J connectivity index is 1.62. The summed E-state index contributed by atoms with van der Waals surface area (Å²) in [4.78, 5) is 26.7. The van der Waals surface area contributed by atoms with Gasteiger partial charge in [0.15, 0.2) is 0 Å². The highest BCUT2D eigenvalue weighted by Gasteiger charge is 2.44. The Morgan fingerprint density at radius 2 is 1.92 bits per heavy atom. The maximum atomic E-state index is 13.5. The number of nitrogens with one attached hydrogen (secondary N) is 2. The second-order valence-electron chi connectivity index (χ2n) is 6.22. The topological polar surface area (TPSA) is 82.2 Å². The number of carboxylic acid groups (broad SMARTS) is 1. The van der Waals surface area contributed by atoms with Crippen LogP contribution in [0.3, 0.4) is 0 Å². The number of halogens is 1. The normalized spacial score (nSPS) is 18.9. The highest BCUT2D eigenvalue weighted by Crippen LogP contribution is 2.48. The Morgan fingerprint density at radius 1 is 1.16 bits per heavy atom. The molecule has 3 N–H and O–H groups in total. The molecule has 1 fully saturated rings. The third-order valence-electron chi connectivity index (χ3n) is 4.58. The first-order chi connectivity index (χ1) is 12.0. The van der Waals surface area contributed by atoms with Crippen LogP contribution in [0, 0.1) is 11.7 Å². The maximum Gasteiger partial charge on any atom is 0.354 e. The van der Waals surface area contributed by atoms with E-state index >= 15 is 0 Å². The molecule has 0 spiro atoms. The molecule has 4 rings (SSSR count). The number of aromatic amines is 1. The molecule has 25 heavy (non-hydrogen) atoms. The van der Waals surface area contributed by atoms with Gasteiger partial charge >= 0.3 is 5.97 Å². The van der Waals surface area contributed by atoms with Gasteiger partial charge in [-0.3, -0.25) is 4.79 Å². The van der Waals surface area contributed by atoms with Crippen LogP contribution in [0.1, 0.15) is 28.4 Å². The molecule has 5 nitrogen and oxygen atoms in total. The van der Waals surface area contributed by atoms with Gasteiger partial charge in [0.1, 0.15) is 11.5 Å². The van der Waals surface area contributed by atoms with Crippen molar-refractivity contribution < 1.29 is 19.1 Å². The quantitative estimate of drug-likeness (QED) is 0.677. The highest BCUT2D eigenvalue weighted by atomic mass is 19.1. The van der Waals surface area contributed by atoms with E-state index in [1.165, 1.54) is 18.2 Å². The number of benzene rings is 2. The van der Waals surface area contributed by atoms with Crippen LogP contribution in [0.25, 0.3) is 10.9 Å². The average Bonchev–Trinajstić information content (AvgIpc) is 3.33. The summed E-state index contributed by atoms with van der Waals surface area (Å²) in [6, 6.07) is 13.6. The number of fused-ring (bicyclic) bond motifs is 1. The fourth-order valence-electron chi connectivity index (χ4n) is 3.22. The van der Waals surface area contributed by atoms with Gasteiger partial charge in [0.25, 0.3) is 0 Å². The van der Waals surface area contributed by atoms with E-state index in [4.69, 9.17) is 0 Å². The van der Waals surface area contributed by atoms with Gasteiger partial charge in [-0.25, -0.2) is 9.18 Å². The van der Waals surface area contributed by atoms with E-state index in [0.717, 1.165) is 12.0 Å². The third-order valence-corrected chi connectivity index (χ3v) is 4.58. The van der Waals surface area contributed by atoms with Gasteiger partial charge in [-0.1, -0.05) is 30.3 Å². The minimum absolute atomic E-state index is 0.116. The van der Waals surface area contributed by atoms with E-state index < -0.39 is 11.8 Å². The van der Waals surface area contributed by atoms with E-state index in [1.54, 1.807) is 0 Å².